The van der Waals surface area contributed by atoms with Crippen molar-refractivity contribution >= 4 is 38.6 Å². The second-order valence-electron chi connectivity index (χ2n) is 3.52. The average Bonchev–Trinajstić information content (AvgIpc) is 2.85. The molecule has 2 aromatic rings. The third-order valence-electron chi connectivity index (χ3n) is 2.18. The molecule has 2 nitrogen and oxygen atoms in total. The highest BCUT2D eigenvalue weighted by Gasteiger charge is 2.35. The highest BCUT2D eigenvalue weighted by atomic mass is 79.9. The fourth-order valence-corrected chi connectivity index (χ4v) is 3.73. The van der Waals surface area contributed by atoms with Crippen LogP contribution in [0.5, 0.6) is 0 Å². The molecule has 2 rings (SSSR count). The van der Waals surface area contributed by atoms with Crippen LogP contribution in [0.25, 0.3) is 0 Å². The van der Waals surface area contributed by atoms with E-state index in [0.29, 0.717) is 16.2 Å². The topological polar surface area (TPSA) is 33.1 Å². The minimum atomic E-state index is -4.46. The molecular weight excluding hydrogens is 351 g/mol. The van der Waals surface area contributed by atoms with E-state index < -0.39 is 17.3 Å². The van der Waals surface area contributed by atoms with Crippen LogP contribution >= 0.6 is 38.6 Å². The van der Waals surface area contributed by atoms with Gasteiger partial charge in [-0.1, -0.05) is 0 Å². The second kappa shape index (κ2) is 4.92. The first-order chi connectivity index (χ1) is 8.29. The summed E-state index contributed by atoms with van der Waals surface area (Å²) in [7, 11) is 0. The summed E-state index contributed by atoms with van der Waals surface area (Å²) in [6.07, 6.45) is -4.45. The highest BCUT2D eigenvalue weighted by molar-refractivity contribution is 9.10. The van der Waals surface area contributed by atoms with Crippen LogP contribution in [0.4, 0.5) is 13.2 Å². The fourth-order valence-electron chi connectivity index (χ4n) is 1.30. The van der Waals surface area contributed by atoms with Gasteiger partial charge >= 0.3 is 6.18 Å². The van der Waals surface area contributed by atoms with Gasteiger partial charge in [0.2, 0.25) is 0 Å². The molecule has 0 radical (unpaired) electrons. The van der Waals surface area contributed by atoms with Crippen molar-refractivity contribution in [2.45, 2.75) is 19.2 Å². The Morgan fingerprint density at radius 2 is 2.00 bits per heavy atom. The number of aryl methyl sites for hydroxylation is 1. The van der Waals surface area contributed by atoms with Gasteiger partial charge in [-0.2, -0.15) is 13.2 Å². The molecule has 1 unspecified atom stereocenters. The van der Waals surface area contributed by atoms with Gasteiger partial charge in [0.1, 0.15) is 6.10 Å². The van der Waals surface area contributed by atoms with Crippen molar-refractivity contribution in [1.82, 2.24) is 4.98 Å². The number of aromatic nitrogens is 1. The van der Waals surface area contributed by atoms with Crippen molar-refractivity contribution in [3.63, 3.8) is 0 Å². The van der Waals surface area contributed by atoms with Crippen LogP contribution in [-0.4, -0.2) is 10.1 Å². The van der Waals surface area contributed by atoms with Gasteiger partial charge in [0.15, 0.2) is 5.01 Å². The normalized spacial score (nSPS) is 13.9. The molecule has 0 aromatic carbocycles. The Balaban J connectivity index is 2.29. The van der Waals surface area contributed by atoms with E-state index in [2.05, 4.69) is 20.9 Å². The first kappa shape index (κ1) is 14.0. The lowest BCUT2D eigenvalue weighted by molar-refractivity contribution is -0.137. The van der Waals surface area contributed by atoms with Gasteiger partial charge in [0.05, 0.1) is 4.88 Å². The van der Waals surface area contributed by atoms with Gasteiger partial charge in [0, 0.05) is 20.4 Å². The van der Waals surface area contributed by atoms with Crippen LogP contribution in [0.2, 0.25) is 0 Å². The Kier molecular flexibility index (Phi) is 3.82. The third-order valence-corrected chi connectivity index (χ3v) is 5.46. The predicted octanol–water partition coefficient (Wildman–Crippen LogP) is 4.38. The SMILES string of the molecule is Cc1sc(C(O)c2cnc(C(F)(F)F)s2)cc1Br. The van der Waals surface area contributed by atoms with Crippen molar-refractivity contribution in [3.05, 3.63) is 36.4 Å². The van der Waals surface area contributed by atoms with E-state index in [0.717, 1.165) is 15.5 Å². The van der Waals surface area contributed by atoms with E-state index in [1.165, 1.54) is 11.3 Å². The number of nitrogens with zero attached hydrogens (tertiary/aromatic N) is 1. The molecule has 1 atom stereocenters. The monoisotopic (exact) mass is 357 g/mol. The molecular formula is C10H7BrF3NOS2. The molecule has 0 aliphatic rings. The summed E-state index contributed by atoms with van der Waals surface area (Å²) < 4.78 is 38.0. The van der Waals surface area contributed by atoms with Crippen LogP contribution in [0.1, 0.15) is 25.7 Å². The van der Waals surface area contributed by atoms with Gasteiger partial charge < -0.3 is 5.11 Å². The van der Waals surface area contributed by atoms with Crippen molar-refractivity contribution < 1.29 is 18.3 Å². The van der Waals surface area contributed by atoms with Crippen molar-refractivity contribution in [2.75, 3.05) is 0 Å². The number of hydrogen-bond donors (Lipinski definition) is 1. The van der Waals surface area contributed by atoms with E-state index in [-0.39, 0.29) is 4.88 Å². The number of aliphatic hydroxyl groups is 1. The van der Waals surface area contributed by atoms with Gasteiger partial charge in [0.25, 0.3) is 0 Å². The fraction of sp³-hybridized carbons (Fsp3) is 0.300. The first-order valence-corrected chi connectivity index (χ1v) is 7.18. The number of alkyl halides is 3. The second-order valence-corrected chi connectivity index (χ2v) is 6.73. The van der Waals surface area contributed by atoms with E-state index in [1.807, 2.05) is 6.92 Å². The minimum Gasteiger partial charge on any atom is -0.382 e. The number of aliphatic hydroxyl groups excluding tert-OH is 1. The molecule has 1 N–H and O–H groups in total. The maximum absolute atomic E-state index is 12.4. The zero-order valence-electron chi connectivity index (χ0n) is 8.95. The van der Waals surface area contributed by atoms with Crippen molar-refractivity contribution in [1.29, 1.82) is 0 Å². The summed E-state index contributed by atoms with van der Waals surface area (Å²) >= 11 is 5.10. The van der Waals surface area contributed by atoms with E-state index in [9.17, 15) is 18.3 Å². The molecule has 18 heavy (non-hydrogen) atoms. The predicted molar refractivity (Wildman–Crippen MR) is 67.9 cm³/mol. The Hall–Kier alpha value is -0.440. The molecule has 0 spiro atoms. The lowest BCUT2D eigenvalue weighted by Crippen LogP contribution is -2.03. The minimum absolute atomic E-state index is 0.191. The number of rotatable bonds is 2. The lowest BCUT2D eigenvalue weighted by atomic mass is 10.2. The van der Waals surface area contributed by atoms with Crippen LogP contribution in [0.15, 0.2) is 16.7 Å². The summed E-state index contributed by atoms with van der Waals surface area (Å²) in [5.41, 5.74) is 0. The van der Waals surface area contributed by atoms with Crippen LogP contribution < -0.4 is 0 Å². The quantitative estimate of drug-likeness (QED) is 0.865. The van der Waals surface area contributed by atoms with Crippen molar-refractivity contribution in [3.8, 4) is 0 Å². The molecule has 0 aliphatic heterocycles. The zero-order valence-corrected chi connectivity index (χ0v) is 12.2. The smallest absolute Gasteiger partial charge is 0.382 e. The Morgan fingerprint density at radius 3 is 2.44 bits per heavy atom. The highest BCUT2D eigenvalue weighted by Crippen LogP contribution is 2.38. The van der Waals surface area contributed by atoms with Gasteiger partial charge in [-0.05, 0) is 28.9 Å². The molecule has 0 bridgehead atoms. The Morgan fingerprint density at radius 1 is 1.33 bits per heavy atom. The van der Waals surface area contributed by atoms with Crippen molar-refractivity contribution in [2.24, 2.45) is 0 Å². The van der Waals surface area contributed by atoms with Gasteiger partial charge in [-0.3, -0.25) is 0 Å². The van der Waals surface area contributed by atoms with Gasteiger partial charge in [-0.15, -0.1) is 22.7 Å². The average molecular weight is 358 g/mol. The molecule has 0 amide bonds. The van der Waals surface area contributed by atoms with Crippen LogP contribution in [-0.2, 0) is 6.18 Å². The summed E-state index contributed by atoms with van der Waals surface area (Å²) in [6, 6.07) is 1.71. The third kappa shape index (κ3) is 2.76. The zero-order chi connectivity index (χ0) is 13.5. The lowest BCUT2D eigenvalue weighted by Gasteiger charge is -2.04. The number of hydrogen-bond acceptors (Lipinski definition) is 4. The summed E-state index contributed by atoms with van der Waals surface area (Å²) in [5, 5.41) is 9.06. The number of halogens is 4. The summed E-state index contributed by atoms with van der Waals surface area (Å²) in [4.78, 5) is 5.04. The molecule has 98 valence electrons. The van der Waals surface area contributed by atoms with Crippen LogP contribution in [0, 0.1) is 6.92 Å². The van der Waals surface area contributed by atoms with E-state index in [1.54, 1.807) is 6.07 Å². The van der Waals surface area contributed by atoms with E-state index >= 15 is 0 Å². The maximum atomic E-state index is 12.4. The maximum Gasteiger partial charge on any atom is 0.443 e. The van der Waals surface area contributed by atoms with Gasteiger partial charge in [-0.25, -0.2) is 4.98 Å². The standard InChI is InChI=1S/C10H7BrF3NOS2/c1-4-5(11)2-6(17-4)8(16)7-3-15-9(18-7)10(12,13)14/h2-3,8,16H,1H3. The number of thiophene rings is 1. The summed E-state index contributed by atoms with van der Waals surface area (Å²) in [5.74, 6) is 0. The Labute approximate surface area is 117 Å². The first-order valence-electron chi connectivity index (χ1n) is 4.76. The molecule has 0 fully saturated rings. The Bertz CT molecular complexity index is 544. The largest absolute Gasteiger partial charge is 0.443 e. The number of thiazole rings is 1. The van der Waals surface area contributed by atoms with E-state index in [4.69, 9.17) is 0 Å². The molecule has 0 saturated carbocycles. The van der Waals surface area contributed by atoms with Crippen LogP contribution in [0.3, 0.4) is 0 Å². The molecule has 2 aromatic heterocycles. The molecule has 0 saturated heterocycles. The molecule has 8 heteroatoms. The summed E-state index contributed by atoms with van der Waals surface area (Å²) in [6.45, 7) is 1.86. The molecule has 0 aliphatic carbocycles. The molecule has 2 heterocycles.